The second-order valence-electron chi connectivity index (χ2n) is 9.69. The number of halogens is 1. The standard InChI is InChI=1S/C31H36FNS/c1-6-11-27(31(3)28-14-10-15-29(32)26(28)21-33(31)4)22(2)30(34-5)25-18-16-24(17-19-25)20-23-12-8-7-9-13-23/h7-10,12-19,27H,6,11,20-21H2,1-5H3/b30-22-. The fourth-order valence-electron chi connectivity index (χ4n) is 5.73. The van der Waals surface area contributed by atoms with Crippen LogP contribution < -0.4 is 0 Å². The number of hydrogen-bond acceptors (Lipinski definition) is 2. The van der Waals surface area contributed by atoms with E-state index in [1.165, 1.54) is 27.2 Å². The summed E-state index contributed by atoms with van der Waals surface area (Å²) in [5.41, 5.74) is 7.10. The normalized spacial score (nSPS) is 19.6. The zero-order chi connectivity index (χ0) is 24.3. The van der Waals surface area contributed by atoms with E-state index in [9.17, 15) is 4.39 Å². The van der Waals surface area contributed by atoms with Gasteiger partial charge in [0.2, 0.25) is 0 Å². The Balaban J connectivity index is 1.71. The Labute approximate surface area is 209 Å². The highest BCUT2D eigenvalue weighted by molar-refractivity contribution is 8.07. The molecule has 1 heterocycles. The van der Waals surface area contributed by atoms with Crippen LogP contribution in [0.15, 0.2) is 78.4 Å². The van der Waals surface area contributed by atoms with E-state index in [-0.39, 0.29) is 11.4 Å². The molecule has 0 aromatic heterocycles. The van der Waals surface area contributed by atoms with E-state index in [0.717, 1.165) is 30.4 Å². The molecule has 0 saturated heterocycles. The van der Waals surface area contributed by atoms with Crippen molar-refractivity contribution in [3.05, 3.63) is 112 Å². The van der Waals surface area contributed by atoms with Gasteiger partial charge in [0.05, 0.1) is 5.54 Å². The topological polar surface area (TPSA) is 3.24 Å². The van der Waals surface area contributed by atoms with Crippen molar-refractivity contribution >= 4 is 16.7 Å². The summed E-state index contributed by atoms with van der Waals surface area (Å²) >= 11 is 1.83. The molecule has 0 aliphatic carbocycles. The Bertz CT molecular complexity index is 1150. The van der Waals surface area contributed by atoms with Crippen molar-refractivity contribution in [2.24, 2.45) is 5.92 Å². The van der Waals surface area contributed by atoms with Gasteiger partial charge in [-0.3, -0.25) is 4.90 Å². The maximum atomic E-state index is 14.7. The Morgan fingerprint density at radius 3 is 2.32 bits per heavy atom. The van der Waals surface area contributed by atoms with Gasteiger partial charge in [0.15, 0.2) is 0 Å². The first-order chi connectivity index (χ1) is 16.4. The molecule has 1 aliphatic heterocycles. The van der Waals surface area contributed by atoms with Crippen LogP contribution in [0.1, 0.15) is 61.4 Å². The number of benzene rings is 3. The lowest BCUT2D eigenvalue weighted by molar-refractivity contribution is 0.0970. The van der Waals surface area contributed by atoms with Gasteiger partial charge in [-0.05, 0) is 68.3 Å². The summed E-state index contributed by atoms with van der Waals surface area (Å²) in [7, 11) is 2.15. The lowest BCUT2D eigenvalue weighted by Crippen LogP contribution is -2.43. The second kappa shape index (κ2) is 10.5. The molecule has 3 aromatic rings. The van der Waals surface area contributed by atoms with Gasteiger partial charge in [0.1, 0.15) is 5.82 Å². The average molecular weight is 474 g/mol. The smallest absolute Gasteiger partial charge is 0.128 e. The minimum absolute atomic E-state index is 0.0796. The van der Waals surface area contributed by atoms with Gasteiger partial charge in [0.25, 0.3) is 0 Å². The summed E-state index contributed by atoms with van der Waals surface area (Å²) in [6.45, 7) is 7.51. The first-order valence-corrected chi connectivity index (χ1v) is 13.5. The van der Waals surface area contributed by atoms with E-state index >= 15 is 0 Å². The third-order valence-electron chi connectivity index (χ3n) is 7.66. The molecule has 0 saturated carbocycles. The van der Waals surface area contributed by atoms with Gasteiger partial charge in [-0.2, -0.15) is 0 Å². The van der Waals surface area contributed by atoms with Crippen LogP contribution in [0.2, 0.25) is 0 Å². The van der Waals surface area contributed by atoms with E-state index < -0.39 is 0 Å². The lowest BCUT2D eigenvalue weighted by atomic mass is 9.73. The van der Waals surface area contributed by atoms with Crippen molar-refractivity contribution in [3.63, 3.8) is 0 Å². The summed E-state index contributed by atoms with van der Waals surface area (Å²) in [6.07, 6.45) is 5.28. The average Bonchev–Trinajstić information content (AvgIpc) is 3.11. The van der Waals surface area contributed by atoms with Crippen molar-refractivity contribution in [1.82, 2.24) is 4.90 Å². The largest absolute Gasteiger partial charge is 0.292 e. The molecule has 0 fully saturated rings. The minimum Gasteiger partial charge on any atom is -0.292 e. The van der Waals surface area contributed by atoms with E-state index in [0.29, 0.717) is 12.5 Å². The van der Waals surface area contributed by atoms with Crippen LogP contribution in [-0.2, 0) is 18.5 Å². The zero-order valence-electron chi connectivity index (χ0n) is 21.1. The van der Waals surface area contributed by atoms with Crippen LogP contribution >= 0.6 is 11.8 Å². The molecule has 178 valence electrons. The monoisotopic (exact) mass is 473 g/mol. The van der Waals surface area contributed by atoms with Crippen LogP contribution in [0, 0.1) is 11.7 Å². The van der Waals surface area contributed by atoms with Crippen LogP contribution in [-0.4, -0.2) is 18.2 Å². The number of nitrogens with zero attached hydrogens (tertiary/aromatic N) is 1. The summed E-state index contributed by atoms with van der Waals surface area (Å²) < 4.78 is 14.7. The predicted octanol–water partition coefficient (Wildman–Crippen LogP) is 8.29. The summed E-state index contributed by atoms with van der Waals surface area (Å²) in [5, 5.41) is 0. The van der Waals surface area contributed by atoms with Gasteiger partial charge in [-0.25, -0.2) is 4.39 Å². The molecular weight excluding hydrogens is 437 g/mol. The predicted molar refractivity (Wildman–Crippen MR) is 145 cm³/mol. The van der Waals surface area contributed by atoms with E-state index in [2.05, 4.69) is 99.6 Å². The fraction of sp³-hybridized carbons (Fsp3) is 0.355. The molecule has 0 bridgehead atoms. The van der Waals surface area contributed by atoms with Gasteiger partial charge in [-0.1, -0.05) is 85.6 Å². The lowest BCUT2D eigenvalue weighted by Gasteiger charge is -2.42. The molecule has 3 aromatic carbocycles. The molecule has 34 heavy (non-hydrogen) atoms. The molecule has 2 atom stereocenters. The SMILES string of the molecule is CCCC(/C(C)=C(\SC)c1ccc(Cc2ccccc2)cc1)C1(C)c2cccc(F)c2CN1C. The third-order valence-corrected chi connectivity index (χ3v) is 8.63. The van der Waals surface area contributed by atoms with Crippen molar-refractivity contribution in [3.8, 4) is 0 Å². The molecule has 1 aliphatic rings. The van der Waals surface area contributed by atoms with Gasteiger partial charge >= 0.3 is 0 Å². The maximum Gasteiger partial charge on any atom is 0.128 e. The molecule has 0 spiro atoms. The highest BCUT2D eigenvalue weighted by Gasteiger charge is 2.46. The molecule has 0 N–H and O–H groups in total. The summed E-state index contributed by atoms with van der Waals surface area (Å²) in [6, 6.07) is 25.3. The molecule has 0 amide bonds. The highest BCUT2D eigenvalue weighted by atomic mass is 32.2. The van der Waals surface area contributed by atoms with Crippen LogP contribution in [0.5, 0.6) is 0 Å². The second-order valence-corrected chi connectivity index (χ2v) is 10.5. The van der Waals surface area contributed by atoms with E-state index in [4.69, 9.17) is 0 Å². The molecule has 0 radical (unpaired) electrons. The van der Waals surface area contributed by atoms with Crippen molar-refractivity contribution in [1.29, 1.82) is 0 Å². The number of hydrogen-bond donors (Lipinski definition) is 0. The van der Waals surface area contributed by atoms with Gasteiger partial charge < -0.3 is 0 Å². The van der Waals surface area contributed by atoms with Crippen molar-refractivity contribution in [2.75, 3.05) is 13.3 Å². The van der Waals surface area contributed by atoms with Gasteiger partial charge in [-0.15, -0.1) is 11.8 Å². The Kier molecular flexibility index (Phi) is 7.64. The molecule has 2 unspecified atom stereocenters. The molecule has 4 rings (SSSR count). The van der Waals surface area contributed by atoms with Crippen LogP contribution in [0.4, 0.5) is 4.39 Å². The quantitative estimate of drug-likeness (QED) is 0.324. The first-order valence-electron chi connectivity index (χ1n) is 12.3. The third kappa shape index (κ3) is 4.61. The molecular formula is C31H36FNS. The van der Waals surface area contributed by atoms with Crippen LogP contribution in [0.25, 0.3) is 4.91 Å². The Hall–Kier alpha value is -2.36. The molecule has 1 nitrogen and oxygen atoms in total. The summed E-state index contributed by atoms with van der Waals surface area (Å²) in [5.74, 6) is 0.223. The zero-order valence-corrected chi connectivity index (χ0v) is 21.9. The number of thioether (sulfide) groups is 1. The first kappa shape index (κ1) is 24.8. The Morgan fingerprint density at radius 1 is 1.00 bits per heavy atom. The maximum absolute atomic E-state index is 14.7. The van der Waals surface area contributed by atoms with E-state index in [1.54, 1.807) is 6.07 Å². The van der Waals surface area contributed by atoms with Gasteiger partial charge in [0, 0.05) is 22.9 Å². The van der Waals surface area contributed by atoms with E-state index in [1.807, 2.05) is 17.8 Å². The number of fused-ring (bicyclic) bond motifs is 1. The highest BCUT2D eigenvalue weighted by Crippen LogP contribution is 2.50. The fourth-order valence-corrected chi connectivity index (χ4v) is 6.57. The molecule has 3 heteroatoms. The van der Waals surface area contributed by atoms with Crippen molar-refractivity contribution < 1.29 is 4.39 Å². The van der Waals surface area contributed by atoms with Crippen molar-refractivity contribution in [2.45, 2.75) is 52.1 Å². The Morgan fingerprint density at radius 2 is 1.68 bits per heavy atom. The number of rotatable bonds is 8. The summed E-state index contributed by atoms with van der Waals surface area (Å²) in [4.78, 5) is 3.69. The minimum atomic E-state index is -0.230. The van der Waals surface area contributed by atoms with Crippen LogP contribution in [0.3, 0.4) is 0 Å².